The van der Waals surface area contributed by atoms with Gasteiger partial charge in [0.25, 0.3) is 5.91 Å². The van der Waals surface area contributed by atoms with E-state index >= 15 is 0 Å². The van der Waals surface area contributed by atoms with Crippen molar-refractivity contribution in [3.05, 3.63) is 95.3 Å². The van der Waals surface area contributed by atoms with Crippen molar-refractivity contribution in [3.63, 3.8) is 0 Å². The Bertz CT molecular complexity index is 1240. The maximum atomic E-state index is 13.2. The van der Waals surface area contributed by atoms with Crippen molar-refractivity contribution in [1.29, 1.82) is 0 Å². The molecule has 0 aliphatic carbocycles. The standard InChI is InChI=1S/C23H17ClFN5OS/c24-18-9-11-20(12-10-18)30-22(17-6-2-1-3-7-17)28-29-23(30)32-15-21(31)27-26-14-16-5-4-8-19(25)13-16/h1-14H,15H2,(H,27,31). The van der Waals surface area contributed by atoms with Gasteiger partial charge >= 0.3 is 0 Å². The van der Waals surface area contributed by atoms with Crippen LogP contribution in [0.15, 0.2) is 89.1 Å². The molecule has 4 rings (SSSR count). The van der Waals surface area contributed by atoms with Gasteiger partial charge in [-0.05, 0) is 42.0 Å². The molecule has 160 valence electrons. The molecule has 6 nitrogen and oxygen atoms in total. The van der Waals surface area contributed by atoms with Gasteiger partial charge in [-0.2, -0.15) is 5.10 Å². The van der Waals surface area contributed by atoms with Crippen LogP contribution >= 0.6 is 23.4 Å². The zero-order valence-corrected chi connectivity index (χ0v) is 18.2. The van der Waals surface area contributed by atoms with Gasteiger partial charge in [0, 0.05) is 16.3 Å². The van der Waals surface area contributed by atoms with Crippen LogP contribution in [-0.2, 0) is 4.79 Å². The fourth-order valence-corrected chi connectivity index (χ4v) is 3.76. The summed E-state index contributed by atoms with van der Waals surface area (Å²) in [4.78, 5) is 12.2. The largest absolute Gasteiger partial charge is 0.272 e. The number of carbonyl (C=O) groups is 1. The molecule has 1 aromatic heterocycles. The number of nitrogens with zero attached hydrogens (tertiary/aromatic N) is 4. The molecule has 9 heteroatoms. The number of halogens is 2. The second kappa shape index (κ2) is 10.2. The van der Waals surface area contributed by atoms with Crippen LogP contribution in [0.1, 0.15) is 5.56 Å². The number of carbonyl (C=O) groups excluding carboxylic acids is 1. The van der Waals surface area contributed by atoms with Crippen molar-refractivity contribution in [3.8, 4) is 17.1 Å². The maximum Gasteiger partial charge on any atom is 0.250 e. The normalized spacial score (nSPS) is 11.1. The molecule has 3 aromatic carbocycles. The molecular formula is C23H17ClFN5OS. The van der Waals surface area contributed by atoms with Crippen molar-refractivity contribution in [2.45, 2.75) is 5.16 Å². The lowest BCUT2D eigenvalue weighted by atomic mass is 10.2. The Morgan fingerprint density at radius 1 is 1.06 bits per heavy atom. The predicted molar refractivity (Wildman–Crippen MR) is 125 cm³/mol. The summed E-state index contributed by atoms with van der Waals surface area (Å²) in [6.07, 6.45) is 1.38. The molecule has 0 atom stereocenters. The fraction of sp³-hybridized carbons (Fsp3) is 0.0435. The van der Waals surface area contributed by atoms with E-state index in [0.29, 0.717) is 21.6 Å². The van der Waals surface area contributed by atoms with Crippen LogP contribution in [0.4, 0.5) is 4.39 Å². The molecule has 0 spiro atoms. The molecular weight excluding hydrogens is 449 g/mol. The summed E-state index contributed by atoms with van der Waals surface area (Å²) in [6, 6.07) is 22.9. The van der Waals surface area contributed by atoms with Crippen molar-refractivity contribution >= 4 is 35.5 Å². The molecule has 0 unspecified atom stereocenters. The van der Waals surface area contributed by atoms with Gasteiger partial charge in [-0.1, -0.05) is 65.8 Å². The lowest BCUT2D eigenvalue weighted by molar-refractivity contribution is -0.118. The van der Waals surface area contributed by atoms with Crippen molar-refractivity contribution in [2.24, 2.45) is 5.10 Å². The lowest BCUT2D eigenvalue weighted by Gasteiger charge is -2.10. The zero-order valence-electron chi connectivity index (χ0n) is 16.7. The molecule has 4 aromatic rings. The van der Waals surface area contributed by atoms with Crippen LogP contribution in [-0.4, -0.2) is 32.6 Å². The molecule has 1 amide bonds. The predicted octanol–water partition coefficient (Wildman–Crippen LogP) is 4.97. The van der Waals surface area contributed by atoms with E-state index in [1.807, 2.05) is 47.0 Å². The third-order valence-corrected chi connectivity index (χ3v) is 5.52. The minimum atomic E-state index is -0.369. The highest BCUT2D eigenvalue weighted by molar-refractivity contribution is 7.99. The zero-order chi connectivity index (χ0) is 22.3. The van der Waals surface area contributed by atoms with Gasteiger partial charge in [0.15, 0.2) is 11.0 Å². The summed E-state index contributed by atoms with van der Waals surface area (Å²) in [5, 5.41) is 13.7. The van der Waals surface area contributed by atoms with Crippen molar-refractivity contribution < 1.29 is 9.18 Å². The van der Waals surface area contributed by atoms with Crippen LogP contribution < -0.4 is 5.43 Å². The van der Waals surface area contributed by atoms with E-state index in [1.54, 1.807) is 24.3 Å². The Labute approximate surface area is 193 Å². The average molecular weight is 466 g/mol. The van der Waals surface area contributed by atoms with Crippen LogP contribution in [0.5, 0.6) is 0 Å². The van der Waals surface area contributed by atoms with Crippen LogP contribution in [0.25, 0.3) is 17.1 Å². The highest BCUT2D eigenvalue weighted by Crippen LogP contribution is 2.28. The van der Waals surface area contributed by atoms with Gasteiger partial charge in [-0.3, -0.25) is 9.36 Å². The van der Waals surface area contributed by atoms with E-state index in [4.69, 9.17) is 11.6 Å². The van der Waals surface area contributed by atoms with E-state index < -0.39 is 0 Å². The van der Waals surface area contributed by atoms with Gasteiger partial charge in [0.05, 0.1) is 12.0 Å². The number of hydrazone groups is 1. The topological polar surface area (TPSA) is 72.2 Å². The second-order valence-electron chi connectivity index (χ2n) is 6.62. The molecule has 0 fully saturated rings. The van der Waals surface area contributed by atoms with Gasteiger partial charge in [0.2, 0.25) is 0 Å². The molecule has 0 aliphatic heterocycles. The fourth-order valence-electron chi connectivity index (χ4n) is 2.89. The Morgan fingerprint density at radius 2 is 1.84 bits per heavy atom. The summed E-state index contributed by atoms with van der Waals surface area (Å²) in [5.41, 5.74) is 4.71. The first-order chi connectivity index (χ1) is 15.6. The number of thioether (sulfide) groups is 1. The smallest absolute Gasteiger partial charge is 0.250 e. The Morgan fingerprint density at radius 3 is 2.59 bits per heavy atom. The molecule has 1 N–H and O–H groups in total. The number of hydrogen-bond acceptors (Lipinski definition) is 5. The summed E-state index contributed by atoms with van der Waals surface area (Å²) < 4.78 is 15.1. The van der Waals surface area contributed by atoms with Crippen LogP contribution in [0.2, 0.25) is 5.02 Å². The van der Waals surface area contributed by atoms with Gasteiger partial charge in [-0.25, -0.2) is 9.82 Å². The monoisotopic (exact) mass is 465 g/mol. The summed E-state index contributed by atoms with van der Waals surface area (Å²) in [7, 11) is 0. The maximum absolute atomic E-state index is 13.2. The van der Waals surface area contributed by atoms with E-state index in [1.165, 1.54) is 30.1 Å². The minimum absolute atomic E-state index is 0.0704. The first kappa shape index (κ1) is 21.7. The van der Waals surface area contributed by atoms with Gasteiger partial charge < -0.3 is 0 Å². The summed E-state index contributed by atoms with van der Waals surface area (Å²) >= 11 is 7.27. The minimum Gasteiger partial charge on any atom is -0.272 e. The Kier molecular flexibility index (Phi) is 6.94. The third kappa shape index (κ3) is 5.40. The first-order valence-corrected chi connectivity index (χ1v) is 10.9. The SMILES string of the molecule is O=C(CSc1nnc(-c2ccccc2)n1-c1ccc(Cl)cc1)NN=Cc1cccc(F)c1. The molecule has 0 saturated heterocycles. The number of nitrogens with one attached hydrogen (secondary N) is 1. The van der Waals surface area contributed by atoms with Gasteiger partial charge in [0.1, 0.15) is 5.82 Å². The van der Waals surface area contributed by atoms with Crippen LogP contribution in [0, 0.1) is 5.82 Å². The van der Waals surface area contributed by atoms with E-state index in [2.05, 4.69) is 20.7 Å². The summed E-state index contributed by atoms with van der Waals surface area (Å²) in [5.74, 6) is 0.0298. The van der Waals surface area contributed by atoms with E-state index in [9.17, 15) is 9.18 Å². The number of amides is 1. The average Bonchev–Trinajstić information content (AvgIpc) is 3.23. The first-order valence-electron chi connectivity index (χ1n) is 9.57. The third-order valence-electron chi connectivity index (χ3n) is 4.33. The molecule has 0 radical (unpaired) electrons. The number of hydrogen-bond donors (Lipinski definition) is 1. The number of aromatic nitrogens is 3. The van der Waals surface area contributed by atoms with Crippen molar-refractivity contribution in [2.75, 3.05) is 5.75 Å². The van der Waals surface area contributed by atoms with Crippen molar-refractivity contribution in [1.82, 2.24) is 20.2 Å². The molecule has 32 heavy (non-hydrogen) atoms. The molecule has 0 bridgehead atoms. The highest BCUT2D eigenvalue weighted by Gasteiger charge is 2.17. The van der Waals surface area contributed by atoms with E-state index in [-0.39, 0.29) is 17.5 Å². The summed E-state index contributed by atoms with van der Waals surface area (Å²) in [6.45, 7) is 0. The quantitative estimate of drug-likeness (QED) is 0.237. The molecule has 0 saturated carbocycles. The lowest BCUT2D eigenvalue weighted by Crippen LogP contribution is -2.20. The molecule has 1 heterocycles. The Balaban J connectivity index is 1.50. The number of rotatable bonds is 7. The van der Waals surface area contributed by atoms with Gasteiger partial charge in [-0.15, -0.1) is 10.2 Å². The van der Waals surface area contributed by atoms with E-state index in [0.717, 1.165) is 11.3 Å². The second-order valence-corrected chi connectivity index (χ2v) is 8.00. The molecule has 0 aliphatic rings. The van der Waals surface area contributed by atoms with Crippen LogP contribution in [0.3, 0.4) is 0 Å². The highest BCUT2D eigenvalue weighted by atomic mass is 35.5. The Hall–Kier alpha value is -3.49. The number of benzene rings is 3.